The Morgan fingerprint density at radius 2 is 1.94 bits per heavy atom. The highest BCUT2D eigenvalue weighted by atomic mass is 16.2. The topological polar surface area (TPSA) is 106 Å². The number of nitrogens with zero attached hydrogens (tertiary/aromatic N) is 2. The third-order valence-electron chi connectivity index (χ3n) is 2.51. The van der Waals surface area contributed by atoms with Crippen LogP contribution in [0.25, 0.3) is 10.9 Å². The van der Waals surface area contributed by atoms with E-state index < -0.39 is 6.03 Å². The fraction of sp³-hybridized carbons (Fsp3) is 0.0909. The number of rotatable bonds is 0. The van der Waals surface area contributed by atoms with Crippen molar-refractivity contribution < 1.29 is 10.3 Å². The van der Waals surface area contributed by atoms with Gasteiger partial charge < -0.3 is 10.5 Å². The van der Waals surface area contributed by atoms with Crippen molar-refractivity contribution in [1.29, 1.82) is 0 Å². The lowest BCUT2D eigenvalue weighted by atomic mass is 10.2. The van der Waals surface area contributed by atoms with Crippen molar-refractivity contribution >= 4 is 16.9 Å². The average molecular weight is 231 g/mol. The third kappa shape index (κ3) is 1.55. The third-order valence-corrected chi connectivity index (χ3v) is 2.51. The summed E-state index contributed by atoms with van der Waals surface area (Å²) in [7, 11) is 0. The lowest BCUT2D eigenvalue weighted by Crippen LogP contribution is -2.27. The number of aryl methyl sites for hydroxylation is 1. The summed E-state index contributed by atoms with van der Waals surface area (Å²) in [5.41, 5.74) is 1.31. The molecule has 0 saturated heterocycles. The maximum atomic E-state index is 11.8. The normalized spacial score (nSPS) is 12.6. The number of carbonyl (C=O) groups is 1. The maximum Gasteiger partial charge on any atom is 0.368 e. The Balaban J connectivity index is 0.00000108. The molecule has 0 atom stereocenters. The molecule has 0 spiro atoms. The van der Waals surface area contributed by atoms with E-state index in [4.69, 9.17) is 0 Å². The number of fused-ring (bicyclic) bond motifs is 3. The second kappa shape index (κ2) is 3.60. The molecular weight excluding hydrogens is 222 g/mol. The number of pyridine rings is 1. The van der Waals surface area contributed by atoms with Gasteiger partial charge in [-0.1, -0.05) is 0 Å². The second-order valence-electron chi connectivity index (χ2n) is 3.68. The van der Waals surface area contributed by atoms with Gasteiger partial charge in [0.15, 0.2) is 5.43 Å². The van der Waals surface area contributed by atoms with Crippen molar-refractivity contribution in [3.05, 3.63) is 44.8 Å². The van der Waals surface area contributed by atoms with Crippen LogP contribution in [0.5, 0.6) is 0 Å². The summed E-state index contributed by atoms with van der Waals surface area (Å²) < 4.78 is 0. The van der Waals surface area contributed by atoms with E-state index in [1.54, 1.807) is 19.1 Å². The Hall–Kier alpha value is -2.34. The number of H-pyrrole nitrogens is 1. The minimum atomic E-state index is -0.553. The lowest BCUT2D eigenvalue weighted by molar-refractivity contribution is 0.257. The minimum Gasteiger partial charge on any atom is -0.412 e. The molecule has 0 unspecified atom stereocenters. The maximum absolute atomic E-state index is 11.8. The molecule has 0 aliphatic carbocycles. The molecule has 17 heavy (non-hydrogen) atoms. The molecule has 3 N–H and O–H groups in total. The van der Waals surface area contributed by atoms with Crippen molar-refractivity contribution in [1.82, 2.24) is 4.98 Å². The van der Waals surface area contributed by atoms with Gasteiger partial charge in [0.25, 0.3) is 0 Å². The predicted molar refractivity (Wildman–Crippen MR) is 60.6 cm³/mol. The highest BCUT2D eigenvalue weighted by Crippen LogP contribution is 2.02. The van der Waals surface area contributed by atoms with E-state index in [1.165, 1.54) is 6.07 Å². The Kier molecular flexibility index (Phi) is 2.36. The SMILES string of the molecule is Cc1cc(=O)c2c3c(ccc2[nH]1)=NC(=O)N=3.O. The van der Waals surface area contributed by atoms with Crippen LogP contribution in [0.2, 0.25) is 0 Å². The molecule has 86 valence electrons. The van der Waals surface area contributed by atoms with Gasteiger partial charge in [-0.05, 0) is 19.1 Å². The van der Waals surface area contributed by atoms with Crippen LogP contribution in [0, 0.1) is 6.92 Å². The molecule has 0 fully saturated rings. The molecule has 1 aliphatic rings. The van der Waals surface area contributed by atoms with Gasteiger partial charge in [0.1, 0.15) is 5.36 Å². The van der Waals surface area contributed by atoms with Gasteiger partial charge in [-0.25, -0.2) is 4.79 Å². The number of hydrogen-bond donors (Lipinski definition) is 1. The standard InChI is InChI=1S/C11H7N3O2.H2O/c1-5-4-8(15)9-6(12-5)2-3-7-10(9)14-11(16)13-7;/h2-4H,1H3,(H,12,15);1H2. The molecule has 0 saturated carbocycles. The van der Waals surface area contributed by atoms with Gasteiger partial charge in [0.2, 0.25) is 0 Å². The van der Waals surface area contributed by atoms with Gasteiger partial charge in [0.05, 0.1) is 16.3 Å². The first-order valence-corrected chi connectivity index (χ1v) is 4.79. The smallest absolute Gasteiger partial charge is 0.368 e. The molecule has 3 rings (SSSR count). The molecule has 1 aromatic heterocycles. The van der Waals surface area contributed by atoms with Crippen LogP contribution in [0.1, 0.15) is 5.69 Å². The zero-order valence-corrected chi connectivity index (χ0v) is 8.94. The highest BCUT2D eigenvalue weighted by Gasteiger charge is 2.10. The number of benzene rings is 1. The van der Waals surface area contributed by atoms with Crippen molar-refractivity contribution in [2.24, 2.45) is 9.98 Å². The van der Waals surface area contributed by atoms with E-state index in [0.717, 1.165) is 5.69 Å². The lowest BCUT2D eigenvalue weighted by Gasteiger charge is -1.98. The largest absolute Gasteiger partial charge is 0.412 e. The number of nitrogens with one attached hydrogen (secondary N) is 1. The molecule has 1 aliphatic heterocycles. The number of aromatic nitrogens is 1. The number of carbonyl (C=O) groups excluding carboxylic acids is 1. The first-order valence-electron chi connectivity index (χ1n) is 4.79. The van der Waals surface area contributed by atoms with Gasteiger partial charge in [-0.3, -0.25) is 4.79 Å². The molecule has 0 bridgehead atoms. The van der Waals surface area contributed by atoms with E-state index >= 15 is 0 Å². The van der Waals surface area contributed by atoms with Crippen molar-refractivity contribution in [2.45, 2.75) is 6.92 Å². The molecule has 2 aromatic rings. The Morgan fingerprint density at radius 1 is 1.18 bits per heavy atom. The average Bonchev–Trinajstić information content (AvgIpc) is 2.56. The van der Waals surface area contributed by atoms with Gasteiger partial charge >= 0.3 is 6.03 Å². The van der Waals surface area contributed by atoms with Gasteiger partial charge in [0, 0.05) is 11.8 Å². The van der Waals surface area contributed by atoms with E-state index in [0.29, 0.717) is 21.6 Å². The fourth-order valence-corrected chi connectivity index (χ4v) is 1.88. The Labute approximate surface area is 94.7 Å². The van der Waals surface area contributed by atoms with Crippen LogP contribution >= 0.6 is 0 Å². The van der Waals surface area contributed by atoms with Crippen molar-refractivity contribution in [2.75, 3.05) is 0 Å². The summed E-state index contributed by atoms with van der Waals surface area (Å²) in [6, 6.07) is 4.35. The molecule has 1 aromatic carbocycles. The molecule has 2 amide bonds. The summed E-state index contributed by atoms with van der Waals surface area (Å²) >= 11 is 0. The summed E-state index contributed by atoms with van der Waals surface area (Å²) in [5, 5.41) is 1.27. The molecule has 6 nitrogen and oxygen atoms in total. The molecule has 0 radical (unpaired) electrons. The van der Waals surface area contributed by atoms with Crippen molar-refractivity contribution in [3.63, 3.8) is 0 Å². The highest BCUT2D eigenvalue weighted by molar-refractivity contribution is 5.84. The van der Waals surface area contributed by atoms with Crippen LogP contribution in [0.15, 0.2) is 33.0 Å². The van der Waals surface area contributed by atoms with Crippen LogP contribution in [0.3, 0.4) is 0 Å². The van der Waals surface area contributed by atoms with Crippen LogP contribution in [0.4, 0.5) is 4.79 Å². The van der Waals surface area contributed by atoms with Crippen LogP contribution in [-0.2, 0) is 0 Å². The monoisotopic (exact) mass is 231 g/mol. The molecular formula is C11H9N3O3. The number of urea groups is 1. The minimum absolute atomic E-state index is 0. The zero-order chi connectivity index (χ0) is 11.3. The summed E-state index contributed by atoms with van der Waals surface area (Å²) in [4.78, 5) is 33.4. The first-order chi connectivity index (χ1) is 7.65. The van der Waals surface area contributed by atoms with Crippen molar-refractivity contribution in [3.8, 4) is 0 Å². The Morgan fingerprint density at radius 3 is 2.71 bits per heavy atom. The quantitative estimate of drug-likeness (QED) is 0.652. The number of amides is 2. The van der Waals surface area contributed by atoms with Gasteiger partial charge in [-0.2, -0.15) is 9.98 Å². The number of aromatic amines is 1. The second-order valence-corrected chi connectivity index (χ2v) is 3.68. The zero-order valence-electron chi connectivity index (χ0n) is 8.94. The van der Waals surface area contributed by atoms with Crippen LogP contribution in [-0.4, -0.2) is 16.5 Å². The summed E-state index contributed by atoms with van der Waals surface area (Å²) in [5.74, 6) is 0. The van der Waals surface area contributed by atoms with E-state index in [-0.39, 0.29) is 10.9 Å². The predicted octanol–water partition coefficient (Wildman–Crippen LogP) is -0.615. The Bertz CT molecular complexity index is 805. The first kappa shape index (κ1) is 11.2. The van der Waals surface area contributed by atoms with E-state index in [2.05, 4.69) is 15.0 Å². The summed E-state index contributed by atoms with van der Waals surface area (Å²) in [6.07, 6.45) is 0. The molecule has 2 heterocycles. The summed E-state index contributed by atoms with van der Waals surface area (Å²) in [6.45, 7) is 1.81. The number of hydrogen-bond acceptors (Lipinski definition) is 2. The van der Waals surface area contributed by atoms with E-state index in [9.17, 15) is 9.59 Å². The molecule has 6 heteroatoms. The van der Waals surface area contributed by atoms with Crippen LogP contribution < -0.4 is 16.1 Å². The van der Waals surface area contributed by atoms with E-state index in [1.807, 2.05) is 0 Å². The van der Waals surface area contributed by atoms with Gasteiger partial charge in [-0.15, -0.1) is 0 Å². The fourth-order valence-electron chi connectivity index (χ4n) is 1.88.